The van der Waals surface area contributed by atoms with Crippen LogP contribution in [0.25, 0.3) is 0 Å². The Morgan fingerprint density at radius 2 is 1.48 bits per heavy atom. The van der Waals surface area contributed by atoms with Gasteiger partial charge in [0.2, 0.25) is 5.91 Å². The Bertz CT molecular complexity index is 1140. The van der Waals surface area contributed by atoms with Crippen molar-refractivity contribution in [3.63, 3.8) is 0 Å². The number of hydrogen-bond donors (Lipinski definition) is 2. The second-order valence-corrected chi connectivity index (χ2v) is 7.67. The van der Waals surface area contributed by atoms with Gasteiger partial charge in [-0.05, 0) is 54.6 Å². The van der Waals surface area contributed by atoms with Crippen molar-refractivity contribution < 1.29 is 23.9 Å². The lowest BCUT2D eigenvalue weighted by atomic mass is 10.2. The molecule has 0 aliphatic rings. The van der Waals surface area contributed by atoms with Crippen LogP contribution in [0.5, 0.6) is 11.5 Å². The Balaban J connectivity index is 1.37. The van der Waals surface area contributed by atoms with Crippen molar-refractivity contribution in [2.45, 2.75) is 12.8 Å². The average molecular weight is 487 g/mol. The van der Waals surface area contributed by atoms with E-state index in [-0.39, 0.29) is 18.7 Å². The van der Waals surface area contributed by atoms with Crippen molar-refractivity contribution in [3.05, 3.63) is 82.8 Å². The molecule has 2 amide bonds. The monoisotopic (exact) mass is 486 g/mol. The Morgan fingerprint density at radius 3 is 2.21 bits per heavy atom. The molecule has 7 nitrogen and oxygen atoms in total. The van der Waals surface area contributed by atoms with Gasteiger partial charge < -0.3 is 20.1 Å². The Labute approximate surface area is 200 Å². The Morgan fingerprint density at radius 1 is 0.758 bits per heavy atom. The first-order valence-electron chi connectivity index (χ1n) is 9.92. The summed E-state index contributed by atoms with van der Waals surface area (Å²) < 4.78 is 10.6. The first kappa shape index (κ1) is 24.1. The van der Waals surface area contributed by atoms with E-state index in [2.05, 4.69) is 10.6 Å². The van der Waals surface area contributed by atoms with Crippen LogP contribution >= 0.6 is 23.2 Å². The highest BCUT2D eigenvalue weighted by atomic mass is 35.5. The second-order valence-electron chi connectivity index (χ2n) is 6.82. The topological polar surface area (TPSA) is 93.7 Å². The molecule has 0 radical (unpaired) electrons. The molecule has 0 atom stereocenters. The molecule has 3 aromatic carbocycles. The highest BCUT2D eigenvalue weighted by Gasteiger charge is 2.11. The van der Waals surface area contributed by atoms with Crippen LogP contribution in [0.3, 0.4) is 0 Å². The molecule has 0 spiro atoms. The number of rotatable bonds is 9. The van der Waals surface area contributed by atoms with Gasteiger partial charge in [-0.15, -0.1) is 0 Å². The predicted molar refractivity (Wildman–Crippen MR) is 127 cm³/mol. The lowest BCUT2D eigenvalue weighted by Crippen LogP contribution is -2.21. The maximum atomic E-state index is 12.1. The smallest absolute Gasteiger partial charge is 0.306 e. The van der Waals surface area contributed by atoms with Gasteiger partial charge in [0.05, 0.1) is 11.4 Å². The molecule has 3 aromatic rings. The Hall–Kier alpha value is -3.55. The molecule has 2 N–H and O–H groups in total. The van der Waals surface area contributed by atoms with Crippen LogP contribution in [0, 0.1) is 0 Å². The largest absolute Gasteiger partial charge is 0.456 e. The van der Waals surface area contributed by atoms with Crippen LogP contribution in [0.1, 0.15) is 12.8 Å². The molecule has 0 saturated carbocycles. The van der Waals surface area contributed by atoms with E-state index in [0.717, 1.165) is 0 Å². The number of para-hydroxylation sites is 1. The molecule has 0 saturated heterocycles. The van der Waals surface area contributed by atoms with Crippen molar-refractivity contribution in [3.8, 4) is 11.5 Å². The van der Waals surface area contributed by atoms with Gasteiger partial charge in [0.1, 0.15) is 11.5 Å². The van der Waals surface area contributed by atoms with E-state index in [4.69, 9.17) is 32.7 Å². The van der Waals surface area contributed by atoms with Gasteiger partial charge in [0.15, 0.2) is 6.61 Å². The highest BCUT2D eigenvalue weighted by molar-refractivity contribution is 6.32. The van der Waals surface area contributed by atoms with E-state index >= 15 is 0 Å². The SMILES string of the molecule is O=C(CCC(=O)OCC(=O)Nc1cccc(Cl)c1)Nc1ccc(Oc2ccccc2Cl)cc1. The van der Waals surface area contributed by atoms with Crippen molar-refractivity contribution in [2.24, 2.45) is 0 Å². The van der Waals surface area contributed by atoms with E-state index in [1.807, 2.05) is 6.07 Å². The number of hydrogen-bond acceptors (Lipinski definition) is 5. The molecule has 170 valence electrons. The molecule has 0 aliphatic heterocycles. The summed E-state index contributed by atoms with van der Waals surface area (Å²) in [5.74, 6) is -0.449. The second kappa shape index (κ2) is 11.9. The molecule has 0 bridgehead atoms. The van der Waals surface area contributed by atoms with Crippen LogP contribution in [0.2, 0.25) is 10.0 Å². The minimum Gasteiger partial charge on any atom is -0.456 e. The number of carbonyl (C=O) groups excluding carboxylic acids is 3. The van der Waals surface area contributed by atoms with Crippen molar-refractivity contribution >= 4 is 52.4 Å². The van der Waals surface area contributed by atoms with E-state index in [9.17, 15) is 14.4 Å². The first-order valence-corrected chi connectivity index (χ1v) is 10.7. The van der Waals surface area contributed by atoms with Gasteiger partial charge >= 0.3 is 5.97 Å². The van der Waals surface area contributed by atoms with Gasteiger partial charge in [-0.1, -0.05) is 41.4 Å². The molecular weight excluding hydrogens is 467 g/mol. The van der Waals surface area contributed by atoms with Crippen molar-refractivity contribution in [1.82, 2.24) is 0 Å². The van der Waals surface area contributed by atoms with E-state index in [1.165, 1.54) is 0 Å². The fraction of sp³-hybridized carbons (Fsp3) is 0.125. The van der Waals surface area contributed by atoms with Crippen molar-refractivity contribution in [1.29, 1.82) is 0 Å². The number of halogens is 2. The van der Waals surface area contributed by atoms with E-state index in [1.54, 1.807) is 66.7 Å². The first-order chi connectivity index (χ1) is 15.9. The molecule has 9 heteroatoms. The van der Waals surface area contributed by atoms with E-state index < -0.39 is 18.5 Å². The fourth-order valence-electron chi connectivity index (χ4n) is 2.68. The minimum atomic E-state index is -0.658. The average Bonchev–Trinajstić information content (AvgIpc) is 2.79. The number of nitrogens with one attached hydrogen (secondary N) is 2. The third-order valence-electron chi connectivity index (χ3n) is 4.23. The third-order valence-corrected chi connectivity index (χ3v) is 4.78. The molecule has 0 heterocycles. The number of anilines is 2. The number of carbonyl (C=O) groups is 3. The summed E-state index contributed by atoms with van der Waals surface area (Å²) in [5.41, 5.74) is 1.03. The highest BCUT2D eigenvalue weighted by Crippen LogP contribution is 2.29. The normalized spacial score (nSPS) is 10.2. The number of benzene rings is 3. The summed E-state index contributed by atoms with van der Waals surface area (Å²) in [7, 11) is 0. The maximum Gasteiger partial charge on any atom is 0.306 e. The van der Waals surface area contributed by atoms with Gasteiger partial charge in [0.25, 0.3) is 5.91 Å². The number of ether oxygens (including phenoxy) is 2. The molecule has 0 fully saturated rings. The zero-order valence-corrected chi connectivity index (χ0v) is 18.9. The Kier molecular flexibility index (Phi) is 8.69. The number of esters is 1. The van der Waals surface area contributed by atoms with Crippen molar-refractivity contribution in [2.75, 3.05) is 17.2 Å². The zero-order chi connectivity index (χ0) is 23.6. The maximum absolute atomic E-state index is 12.1. The lowest BCUT2D eigenvalue weighted by Gasteiger charge is -2.09. The van der Waals surface area contributed by atoms with Gasteiger partial charge in [-0.2, -0.15) is 0 Å². The summed E-state index contributed by atoms with van der Waals surface area (Å²) in [6, 6.07) is 20.4. The minimum absolute atomic E-state index is 0.0907. The van der Waals surface area contributed by atoms with Crippen LogP contribution in [0.4, 0.5) is 11.4 Å². The quantitative estimate of drug-likeness (QED) is 0.379. The standard InChI is InChI=1S/C24H20Cl2N2O5/c25-16-4-3-5-18(14-16)28-23(30)15-32-24(31)13-12-22(29)27-17-8-10-19(11-9-17)33-21-7-2-1-6-20(21)26/h1-11,14H,12-13,15H2,(H,27,29)(H,28,30). The van der Waals surface area contributed by atoms with Gasteiger partial charge in [0, 0.05) is 22.8 Å². The fourth-order valence-corrected chi connectivity index (χ4v) is 3.05. The van der Waals surface area contributed by atoms with Crippen LogP contribution in [0.15, 0.2) is 72.8 Å². The van der Waals surface area contributed by atoms with Gasteiger partial charge in [-0.3, -0.25) is 14.4 Å². The molecular formula is C24H20Cl2N2O5. The number of amides is 2. The summed E-state index contributed by atoms with van der Waals surface area (Å²) in [5, 5.41) is 6.20. The van der Waals surface area contributed by atoms with E-state index in [0.29, 0.717) is 32.9 Å². The van der Waals surface area contributed by atoms with Crippen LogP contribution in [-0.4, -0.2) is 24.4 Å². The van der Waals surface area contributed by atoms with Gasteiger partial charge in [-0.25, -0.2) is 0 Å². The van der Waals surface area contributed by atoms with Crippen LogP contribution in [-0.2, 0) is 19.1 Å². The molecule has 33 heavy (non-hydrogen) atoms. The molecule has 0 aliphatic carbocycles. The third kappa shape index (κ3) is 8.14. The predicted octanol–water partition coefficient (Wildman–Crippen LogP) is 5.69. The van der Waals surface area contributed by atoms with Crippen LogP contribution < -0.4 is 15.4 Å². The summed E-state index contributed by atoms with van der Waals surface area (Å²) in [6.45, 7) is -0.458. The summed E-state index contributed by atoms with van der Waals surface area (Å²) >= 11 is 11.9. The molecule has 0 unspecified atom stereocenters. The lowest BCUT2D eigenvalue weighted by molar-refractivity contribution is -0.147. The zero-order valence-electron chi connectivity index (χ0n) is 17.3. The molecule has 3 rings (SSSR count). The summed E-state index contributed by atoms with van der Waals surface area (Å²) in [6.07, 6.45) is -0.253. The molecule has 0 aromatic heterocycles. The summed E-state index contributed by atoms with van der Waals surface area (Å²) in [4.78, 5) is 35.8.